The van der Waals surface area contributed by atoms with Crippen LogP contribution in [0, 0.1) is 11.8 Å². The Balaban J connectivity index is 1.78. The van der Waals surface area contributed by atoms with Crippen molar-refractivity contribution in [1.82, 2.24) is 52.8 Å². The predicted octanol–water partition coefficient (Wildman–Crippen LogP) is 1.72. The van der Waals surface area contributed by atoms with E-state index in [4.69, 9.17) is 16.2 Å². The van der Waals surface area contributed by atoms with Gasteiger partial charge in [-0.2, -0.15) is 0 Å². The highest BCUT2D eigenvalue weighted by Gasteiger charge is 2.43. The molecular formula is C74H114N12O20. The summed E-state index contributed by atoms with van der Waals surface area (Å²) in [5.74, 6) is -16.1. The number of aliphatic carboxylic acids is 2. The summed E-state index contributed by atoms with van der Waals surface area (Å²) in [5, 5.41) is 74.6. The van der Waals surface area contributed by atoms with Gasteiger partial charge >= 0.3 is 17.9 Å². The van der Waals surface area contributed by atoms with Gasteiger partial charge in [0.05, 0.1) is 18.6 Å². The van der Waals surface area contributed by atoms with Gasteiger partial charge in [-0.05, 0) is 112 Å². The Labute approximate surface area is 619 Å². The van der Waals surface area contributed by atoms with Crippen LogP contribution in [0.4, 0.5) is 0 Å². The third-order valence-electron chi connectivity index (χ3n) is 18.9. The predicted molar refractivity (Wildman–Crippen MR) is 388 cm³/mol. The molecule has 0 saturated carbocycles. The van der Waals surface area contributed by atoms with E-state index in [0.717, 1.165) is 43.9 Å². The number of primary amides is 1. The standard InChI is InChI=1S/C74H114N12O20/c1-7-9-10-11-12-13-14-15-16-17-18-21-49(89)42-59(91)77-52(33-36-60(92)93)66(97)78-51(22-19-38-75)65(96)81-56-41-47-26-30-50(31-27-47)106-74(105)63(44(5)8-2)84-69(100)55(40-46-24-28-48(88)29-25-46)82-67(98)53(32-35-58(76)90)79-71(102)57-23-20-39-86(57)73(104)62(43(3)4)83-68(99)54(34-37-61(94)95)80-72(103)64(45(6)87)85-70(56)101/h24-31,43-45,49,51-57,62-64,87-89H,7-23,32-42,75H2,1-6H3,(H2,76,90)(H,77,91)(H,78,97)(H,79,102)(H,80,103)(H,81,96)(H,82,98)(H,83,99)(H,84,100)(H,85,101)(H,92,93)(H,94,95). The fourth-order valence-electron chi connectivity index (χ4n) is 12.4. The van der Waals surface area contributed by atoms with E-state index in [9.17, 15) is 92.7 Å². The molecule has 3 aliphatic rings. The van der Waals surface area contributed by atoms with Gasteiger partial charge in [0, 0.05) is 38.6 Å². The molecule has 2 bridgehead atoms. The second kappa shape index (κ2) is 46.6. The van der Waals surface area contributed by atoms with Gasteiger partial charge in [0.2, 0.25) is 65.0 Å². The Hall–Kier alpha value is -9.30. The van der Waals surface area contributed by atoms with Crippen molar-refractivity contribution in [3.05, 3.63) is 59.7 Å². The number of hydrogen-bond acceptors (Lipinski definition) is 19. The van der Waals surface area contributed by atoms with Crippen LogP contribution in [0.15, 0.2) is 48.5 Å². The summed E-state index contributed by atoms with van der Waals surface area (Å²) in [7, 11) is 0. The molecule has 3 heterocycles. The molecule has 3 aliphatic heterocycles. The number of carboxylic acid groups (broad SMARTS) is 2. The number of phenols is 1. The molecule has 2 aromatic carbocycles. The highest BCUT2D eigenvalue weighted by molar-refractivity contribution is 6.00. The summed E-state index contributed by atoms with van der Waals surface area (Å²) < 4.78 is 5.83. The molecule has 13 atom stereocenters. The lowest BCUT2D eigenvalue weighted by molar-refractivity contribution is -0.144. The molecule has 0 aliphatic carbocycles. The van der Waals surface area contributed by atoms with Crippen molar-refractivity contribution >= 4 is 82.9 Å². The summed E-state index contributed by atoms with van der Waals surface area (Å²) in [6, 6.07) is -4.87. The van der Waals surface area contributed by atoms with Crippen LogP contribution in [0.5, 0.6) is 11.5 Å². The first-order valence-corrected chi connectivity index (χ1v) is 37.3. The molecule has 11 amide bonds. The molecule has 13 unspecified atom stereocenters. The molecule has 5 rings (SSSR count). The quantitative estimate of drug-likeness (QED) is 0.0198. The van der Waals surface area contributed by atoms with Crippen LogP contribution in [-0.4, -0.2) is 199 Å². The van der Waals surface area contributed by atoms with Crippen molar-refractivity contribution in [3.63, 3.8) is 0 Å². The number of fused-ring (bicyclic) bond motifs is 23. The summed E-state index contributed by atoms with van der Waals surface area (Å²) >= 11 is 0. The molecule has 0 radical (unpaired) electrons. The van der Waals surface area contributed by atoms with Crippen LogP contribution in [0.1, 0.15) is 207 Å². The van der Waals surface area contributed by atoms with Gasteiger partial charge in [-0.15, -0.1) is 0 Å². The van der Waals surface area contributed by atoms with Crippen LogP contribution in [0.3, 0.4) is 0 Å². The Bertz CT molecular complexity index is 3250. The minimum absolute atomic E-state index is 0.0230. The first-order valence-electron chi connectivity index (χ1n) is 37.3. The molecular weight excluding hydrogens is 1380 g/mol. The normalized spacial score (nSPS) is 21.8. The van der Waals surface area contributed by atoms with Crippen molar-refractivity contribution in [3.8, 4) is 11.5 Å². The van der Waals surface area contributed by atoms with E-state index in [1.165, 1.54) is 80.6 Å². The largest absolute Gasteiger partial charge is 0.508 e. The van der Waals surface area contributed by atoms with E-state index >= 15 is 0 Å². The maximum absolute atomic E-state index is 14.9. The third kappa shape index (κ3) is 31.4. The summed E-state index contributed by atoms with van der Waals surface area (Å²) in [6.07, 6.45) is 5.31. The topological polar surface area (TPSA) is 513 Å². The zero-order chi connectivity index (χ0) is 78.6. The van der Waals surface area contributed by atoms with Gasteiger partial charge in [0.15, 0.2) is 0 Å². The number of phenolic OH excluding ortho intramolecular Hbond substituents is 1. The lowest BCUT2D eigenvalue weighted by Crippen LogP contribution is -2.62. The number of benzene rings is 2. The van der Waals surface area contributed by atoms with E-state index in [-0.39, 0.29) is 62.3 Å². The lowest BCUT2D eigenvalue weighted by Gasteiger charge is -2.32. The number of nitrogens with two attached hydrogens (primary N) is 2. The minimum atomic E-state index is -1.99. The van der Waals surface area contributed by atoms with Crippen LogP contribution in [0.25, 0.3) is 0 Å². The van der Waals surface area contributed by atoms with E-state index in [0.29, 0.717) is 24.8 Å². The maximum atomic E-state index is 14.9. The highest BCUT2D eigenvalue weighted by Crippen LogP contribution is 2.24. The first-order chi connectivity index (χ1) is 50.3. The maximum Gasteiger partial charge on any atom is 0.334 e. The number of aliphatic hydroxyl groups excluding tert-OH is 2. The molecule has 2 aromatic rings. The zero-order valence-electron chi connectivity index (χ0n) is 62.0. The van der Waals surface area contributed by atoms with Gasteiger partial charge in [-0.1, -0.05) is 136 Å². The number of hydrogen-bond donors (Lipinski definition) is 16. The molecule has 1 fully saturated rings. The number of amides is 11. The number of carboxylic acids is 2. The smallest absolute Gasteiger partial charge is 0.334 e. The van der Waals surface area contributed by atoms with Gasteiger partial charge in [-0.25, -0.2) is 4.79 Å². The van der Waals surface area contributed by atoms with Gasteiger partial charge < -0.3 is 94.5 Å². The Morgan fingerprint density at radius 1 is 0.594 bits per heavy atom. The Kier molecular flexibility index (Phi) is 39.2. The van der Waals surface area contributed by atoms with Crippen LogP contribution >= 0.6 is 0 Å². The summed E-state index contributed by atoms with van der Waals surface area (Å²) in [6.45, 7) is 9.70. The van der Waals surface area contributed by atoms with E-state index in [2.05, 4.69) is 54.8 Å². The number of carbonyl (C=O) groups is 14. The second-order valence-corrected chi connectivity index (χ2v) is 28.1. The molecule has 32 nitrogen and oxygen atoms in total. The Morgan fingerprint density at radius 3 is 1.72 bits per heavy atom. The Morgan fingerprint density at radius 2 is 1.14 bits per heavy atom. The average Bonchev–Trinajstić information content (AvgIpc) is 1.48. The van der Waals surface area contributed by atoms with Crippen molar-refractivity contribution in [1.29, 1.82) is 0 Å². The average molecular weight is 1490 g/mol. The van der Waals surface area contributed by atoms with Crippen molar-refractivity contribution in [2.45, 2.75) is 281 Å². The summed E-state index contributed by atoms with van der Waals surface area (Å²) in [5.41, 5.74) is 12.1. The zero-order valence-corrected chi connectivity index (χ0v) is 62.0. The molecule has 106 heavy (non-hydrogen) atoms. The number of nitrogens with zero attached hydrogens (tertiary/aromatic N) is 1. The second-order valence-electron chi connectivity index (χ2n) is 28.1. The minimum Gasteiger partial charge on any atom is -0.508 e. The molecule has 590 valence electrons. The van der Waals surface area contributed by atoms with Crippen molar-refractivity contribution < 1.29 is 97.4 Å². The van der Waals surface area contributed by atoms with E-state index in [1.54, 1.807) is 27.7 Å². The molecule has 32 heteroatoms. The van der Waals surface area contributed by atoms with Gasteiger partial charge in [0.1, 0.15) is 71.9 Å². The number of rotatable bonds is 37. The number of aliphatic hydroxyl groups is 2. The van der Waals surface area contributed by atoms with Crippen molar-refractivity contribution in [2.75, 3.05) is 13.1 Å². The van der Waals surface area contributed by atoms with Crippen LogP contribution in [-0.2, 0) is 80.0 Å². The number of aromatic hydroxyl groups is 1. The number of esters is 1. The molecule has 1 saturated heterocycles. The lowest BCUT2D eigenvalue weighted by atomic mass is 9.97. The number of carbonyl (C=O) groups excluding carboxylic acids is 12. The number of unbranched alkanes of at least 4 members (excludes halogenated alkanes) is 10. The molecule has 0 aromatic heterocycles. The van der Waals surface area contributed by atoms with Gasteiger partial charge in [0.25, 0.3) is 0 Å². The SMILES string of the molecule is CCCCCCCCCCCCCC(O)CC(=O)NC(CCC(=O)O)C(=O)NC(CCCN)C(=O)NC1Cc2ccc(cc2)OC(=O)C(C(C)CC)NC(=O)C(Cc2ccc(O)cc2)NC(=O)C(CCC(N)=O)NC(=O)C2CCCN2C(=O)C(C(C)C)NC(=O)C(CCC(=O)O)NC(=O)C(C(C)O)NC1=O. The van der Waals surface area contributed by atoms with Crippen molar-refractivity contribution in [2.24, 2.45) is 23.3 Å². The molecule has 18 N–H and O–H groups in total. The van der Waals surface area contributed by atoms with E-state index < -0.39 is 219 Å². The van der Waals surface area contributed by atoms with Crippen LogP contribution < -0.4 is 64.1 Å². The van der Waals surface area contributed by atoms with Crippen LogP contribution in [0.2, 0.25) is 0 Å². The van der Waals surface area contributed by atoms with E-state index in [1.807, 2.05) is 0 Å². The summed E-state index contributed by atoms with van der Waals surface area (Å²) in [4.78, 5) is 196. The first kappa shape index (κ1) is 89.1. The third-order valence-corrected chi connectivity index (χ3v) is 18.9. The fourth-order valence-corrected chi connectivity index (χ4v) is 12.4. The monoisotopic (exact) mass is 1490 g/mol. The molecule has 0 spiro atoms. The number of nitrogens with one attached hydrogen (secondary N) is 9. The highest BCUT2D eigenvalue weighted by atomic mass is 16.5. The number of ether oxygens (including phenoxy) is 1. The fraction of sp³-hybridized carbons (Fsp3) is 0.649. The van der Waals surface area contributed by atoms with Gasteiger partial charge in [-0.3, -0.25) is 62.3 Å².